The highest BCUT2D eigenvalue weighted by Gasteiger charge is 2.56. The Hall–Kier alpha value is -2.82. The number of carboxylic acid groups (broad SMARTS) is 1. The van der Waals surface area contributed by atoms with Gasteiger partial charge in [0.05, 0.1) is 0 Å². The number of rotatable bonds is 5. The maximum atomic E-state index is 13.0. The van der Waals surface area contributed by atoms with E-state index in [1.807, 2.05) is 24.3 Å². The summed E-state index contributed by atoms with van der Waals surface area (Å²) in [6.45, 7) is 0.228. The quantitative estimate of drug-likeness (QED) is 0.838. The van der Waals surface area contributed by atoms with E-state index in [1.165, 1.54) is 16.0 Å². The Labute approximate surface area is 163 Å². The molecule has 0 radical (unpaired) electrons. The van der Waals surface area contributed by atoms with Crippen molar-refractivity contribution in [3.63, 3.8) is 0 Å². The smallest absolute Gasteiger partial charge is 0.411 e. The van der Waals surface area contributed by atoms with Gasteiger partial charge in [-0.1, -0.05) is 48.5 Å². The van der Waals surface area contributed by atoms with E-state index < -0.39 is 17.6 Å². The van der Waals surface area contributed by atoms with E-state index in [-0.39, 0.29) is 18.6 Å². The van der Waals surface area contributed by atoms with Crippen LogP contribution in [0.2, 0.25) is 0 Å². The molecule has 144 valence electrons. The lowest BCUT2D eigenvalue weighted by atomic mass is 9.75. The second-order valence-electron chi connectivity index (χ2n) is 8.10. The van der Waals surface area contributed by atoms with E-state index in [1.54, 1.807) is 0 Å². The molecule has 3 aliphatic rings. The molecule has 0 aromatic heterocycles. The Morgan fingerprint density at radius 3 is 2.04 bits per heavy atom. The van der Waals surface area contributed by atoms with Gasteiger partial charge in [0.15, 0.2) is 0 Å². The summed E-state index contributed by atoms with van der Waals surface area (Å²) in [5.41, 5.74) is 3.61. The highest BCUT2D eigenvalue weighted by Crippen LogP contribution is 2.46. The first kappa shape index (κ1) is 17.3. The number of hydrogen-bond acceptors (Lipinski definition) is 3. The van der Waals surface area contributed by atoms with Gasteiger partial charge in [-0.2, -0.15) is 0 Å². The van der Waals surface area contributed by atoms with Crippen LogP contribution in [-0.2, 0) is 9.53 Å². The molecule has 2 fully saturated rings. The molecule has 0 saturated heterocycles. The first-order valence-electron chi connectivity index (χ1n) is 9.99. The van der Waals surface area contributed by atoms with Gasteiger partial charge in [-0.15, -0.1) is 0 Å². The van der Waals surface area contributed by atoms with E-state index in [2.05, 4.69) is 24.3 Å². The fourth-order valence-electron chi connectivity index (χ4n) is 4.74. The van der Waals surface area contributed by atoms with Crippen LogP contribution in [0.1, 0.15) is 49.1 Å². The van der Waals surface area contributed by atoms with E-state index in [4.69, 9.17) is 4.74 Å². The van der Waals surface area contributed by atoms with Gasteiger partial charge in [0.1, 0.15) is 12.1 Å². The molecule has 2 saturated carbocycles. The average molecular weight is 377 g/mol. The Morgan fingerprint density at radius 1 is 1.00 bits per heavy atom. The van der Waals surface area contributed by atoms with Crippen molar-refractivity contribution in [1.29, 1.82) is 0 Å². The van der Waals surface area contributed by atoms with Gasteiger partial charge in [0, 0.05) is 12.0 Å². The number of aliphatic carboxylic acids is 1. The Balaban J connectivity index is 1.39. The van der Waals surface area contributed by atoms with Gasteiger partial charge in [-0.3, -0.25) is 4.90 Å². The zero-order valence-electron chi connectivity index (χ0n) is 15.6. The summed E-state index contributed by atoms with van der Waals surface area (Å²) in [7, 11) is 0. The van der Waals surface area contributed by atoms with Crippen molar-refractivity contribution in [3.8, 4) is 11.1 Å². The number of amides is 1. The zero-order chi connectivity index (χ0) is 19.3. The minimum Gasteiger partial charge on any atom is -0.479 e. The molecule has 0 heterocycles. The van der Waals surface area contributed by atoms with Crippen LogP contribution in [0, 0.1) is 0 Å². The second-order valence-corrected chi connectivity index (χ2v) is 8.10. The molecule has 5 nitrogen and oxygen atoms in total. The molecule has 1 amide bonds. The second kappa shape index (κ2) is 6.36. The van der Waals surface area contributed by atoms with Crippen molar-refractivity contribution >= 4 is 12.1 Å². The minimum absolute atomic E-state index is 0.00653. The lowest BCUT2D eigenvalue weighted by Gasteiger charge is -2.46. The predicted octanol–water partition coefficient (Wildman–Crippen LogP) is 4.41. The first-order chi connectivity index (χ1) is 13.6. The third kappa shape index (κ3) is 2.53. The monoisotopic (exact) mass is 377 g/mol. The Morgan fingerprint density at radius 2 is 1.57 bits per heavy atom. The van der Waals surface area contributed by atoms with Crippen molar-refractivity contribution in [2.45, 2.75) is 49.6 Å². The number of fused-ring (bicyclic) bond motifs is 3. The van der Waals surface area contributed by atoms with E-state index >= 15 is 0 Å². The van der Waals surface area contributed by atoms with Crippen LogP contribution in [0.3, 0.4) is 0 Å². The number of benzene rings is 2. The number of nitrogens with zero attached hydrogens (tertiary/aromatic N) is 1. The standard InChI is InChI=1S/C23H23NO4/c25-21(26)23(12-5-13-23)24(15-10-11-15)22(27)28-14-20-18-8-3-1-6-16(18)17-7-2-4-9-19(17)20/h1-4,6-9,15,20H,5,10-14H2,(H,25,26). The number of hydrogen-bond donors (Lipinski definition) is 1. The summed E-state index contributed by atoms with van der Waals surface area (Å²) in [6.07, 6.45) is 3.11. The fraction of sp³-hybridized carbons (Fsp3) is 0.391. The lowest BCUT2D eigenvalue weighted by molar-refractivity contribution is -0.157. The lowest BCUT2D eigenvalue weighted by Crippen LogP contribution is -2.62. The van der Waals surface area contributed by atoms with Gasteiger partial charge in [-0.25, -0.2) is 9.59 Å². The van der Waals surface area contributed by atoms with E-state index in [0.29, 0.717) is 12.8 Å². The summed E-state index contributed by atoms with van der Waals surface area (Å²) < 4.78 is 5.76. The van der Waals surface area contributed by atoms with Gasteiger partial charge >= 0.3 is 12.1 Å². The number of carboxylic acids is 1. The molecule has 0 spiro atoms. The molecular formula is C23H23NO4. The molecule has 28 heavy (non-hydrogen) atoms. The average Bonchev–Trinajstić information content (AvgIpc) is 3.44. The molecule has 5 rings (SSSR count). The van der Waals surface area contributed by atoms with Crippen molar-refractivity contribution in [1.82, 2.24) is 4.90 Å². The van der Waals surface area contributed by atoms with Gasteiger partial charge < -0.3 is 9.84 Å². The minimum atomic E-state index is -1.07. The highest BCUT2D eigenvalue weighted by atomic mass is 16.6. The first-order valence-corrected chi connectivity index (χ1v) is 9.99. The molecule has 0 atom stereocenters. The van der Waals surface area contributed by atoms with Crippen molar-refractivity contribution in [2.75, 3.05) is 6.61 Å². The number of carbonyl (C=O) groups excluding carboxylic acids is 1. The summed E-state index contributed by atoms with van der Waals surface area (Å²) in [5.74, 6) is -0.918. The van der Waals surface area contributed by atoms with Gasteiger partial charge in [-0.05, 0) is 54.4 Å². The van der Waals surface area contributed by atoms with Crippen LogP contribution in [0.4, 0.5) is 4.79 Å². The maximum Gasteiger partial charge on any atom is 0.411 e. The summed E-state index contributed by atoms with van der Waals surface area (Å²) >= 11 is 0. The molecule has 0 bridgehead atoms. The number of carbonyl (C=O) groups is 2. The van der Waals surface area contributed by atoms with E-state index in [0.717, 1.165) is 30.4 Å². The Kier molecular flexibility index (Phi) is 3.93. The molecule has 0 unspecified atom stereocenters. The third-order valence-electron chi connectivity index (χ3n) is 6.48. The molecule has 2 aromatic carbocycles. The van der Waals surface area contributed by atoms with Gasteiger partial charge in [0.2, 0.25) is 0 Å². The van der Waals surface area contributed by atoms with Crippen molar-refractivity contribution in [2.24, 2.45) is 0 Å². The third-order valence-corrected chi connectivity index (χ3v) is 6.48. The normalized spacial score (nSPS) is 19.3. The summed E-state index contributed by atoms with van der Waals surface area (Å²) in [5, 5.41) is 9.77. The molecule has 0 aliphatic heterocycles. The van der Waals surface area contributed by atoms with Crippen molar-refractivity contribution in [3.05, 3.63) is 59.7 Å². The van der Waals surface area contributed by atoms with Crippen LogP contribution in [0.25, 0.3) is 11.1 Å². The largest absolute Gasteiger partial charge is 0.479 e. The maximum absolute atomic E-state index is 13.0. The van der Waals surface area contributed by atoms with Crippen LogP contribution < -0.4 is 0 Å². The van der Waals surface area contributed by atoms with Gasteiger partial charge in [0.25, 0.3) is 0 Å². The number of ether oxygens (including phenoxy) is 1. The predicted molar refractivity (Wildman–Crippen MR) is 104 cm³/mol. The molecule has 2 aromatic rings. The fourth-order valence-corrected chi connectivity index (χ4v) is 4.74. The molecule has 3 aliphatic carbocycles. The molecular weight excluding hydrogens is 354 g/mol. The molecule has 1 N–H and O–H groups in total. The topological polar surface area (TPSA) is 66.8 Å². The van der Waals surface area contributed by atoms with Crippen LogP contribution in [0.15, 0.2) is 48.5 Å². The molecule has 5 heteroatoms. The van der Waals surface area contributed by atoms with Crippen LogP contribution in [-0.4, -0.2) is 40.3 Å². The van der Waals surface area contributed by atoms with E-state index in [9.17, 15) is 14.7 Å². The van der Waals surface area contributed by atoms with Crippen LogP contribution in [0.5, 0.6) is 0 Å². The van der Waals surface area contributed by atoms with Crippen molar-refractivity contribution < 1.29 is 19.4 Å². The Bertz CT molecular complexity index is 900. The highest BCUT2D eigenvalue weighted by molar-refractivity contribution is 5.86. The SMILES string of the molecule is O=C(OCC1c2ccccc2-c2ccccc21)N(C1CC1)C1(C(=O)O)CCC1. The summed E-state index contributed by atoms with van der Waals surface area (Å²) in [6, 6.07) is 16.4. The van der Waals surface area contributed by atoms with Crippen LogP contribution >= 0.6 is 0 Å². The summed E-state index contributed by atoms with van der Waals surface area (Å²) in [4.78, 5) is 26.4. The zero-order valence-corrected chi connectivity index (χ0v) is 15.6.